The molecule has 1 nitrogen and oxygen atoms in total. The molecule has 0 spiro atoms. The van der Waals surface area contributed by atoms with E-state index < -0.39 is 7.14 Å². The van der Waals surface area contributed by atoms with Gasteiger partial charge >= 0.3 is 0 Å². The summed E-state index contributed by atoms with van der Waals surface area (Å²) in [6.45, 7) is 7.94. The third kappa shape index (κ3) is 7.87. The minimum atomic E-state index is -1.82. The molecular weight excluding hydrogens is 155 g/mol. The van der Waals surface area contributed by atoms with Gasteiger partial charge in [0.25, 0.3) is 0 Å². The molecule has 0 atom stereocenters. The monoisotopic (exact) mass is 174 g/mol. The first kappa shape index (κ1) is 11.0. The summed E-state index contributed by atoms with van der Waals surface area (Å²) in [7, 11) is -1.82. The van der Waals surface area contributed by atoms with Crippen LogP contribution in [0.25, 0.3) is 0 Å². The highest BCUT2D eigenvalue weighted by Crippen LogP contribution is 2.35. The Bertz CT molecular complexity index is 176. The van der Waals surface area contributed by atoms with E-state index in [1.54, 1.807) is 0 Å². The zero-order valence-electron chi connectivity index (χ0n) is 8.05. The summed E-state index contributed by atoms with van der Waals surface area (Å²) in [5.74, 6) is 0. The van der Waals surface area contributed by atoms with Crippen molar-refractivity contribution in [3.8, 4) is 0 Å². The molecule has 0 aromatic heterocycles. The lowest BCUT2D eigenvalue weighted by atomic mass is 10.2. The van der Waals surface area contributed by atoms with Crippen molar-refractivity contribution in [3.63, 3.8) is 0 Å². The van der Waals surface area contributed by atoms with Gasteiger partial charge in [-0.25, -0.2) is 0 Å². The van der Waals surface area contributed by atoms with Crippen LogP contribution in [0.2, 0.25) is 0 Å². The molecule has 0 N–H and O–H groups in total. The van der Waals surface area contributed by atoms with Crippen LogP contribution >= 0.6 is 7.14 Å². The maximum atomic E-state index is 11.3. The molecule has 2 heteroatoms. The van der Waals surface area contributed by atoms with Gasteiger partial charge < -0.3 is 4.57 Å². The third-order valence-electron chi connectivity index (χ3n) is 1.52. The van der Waals surface area contributed by atoms with E-state index in [4.69, 9.17) is 0 Å². The zero-order chi connectivity index (χ0) is 8.91. The van der Waals surface area contributed by atoms with Gasteiger partial charge in [0.1, 0.15) is 0 Å². The van der Waals surface area contributed by atoms with E-state index in [0.29, 0.717) is 0 Å². The van der Waals surface area contributed by atoms with E-state index in [1.165, 1.54) is 12.0 Å². The van der Waals surface area contributed by atoms with Gasteiger partial charge in [0.05, 0.1) is 7.14 Å². The lowest BCUT2D eigenvalue weighted by molar-refractivity contribution is 0.584. The molecule has 0 aliphatic heterocycles. The Morgan fingerprint density at radius 3 is 2.36 bits per heavy atom. The highest BCUT2D eigenvalue weighted by atomic mass is 31.2. The van der Waals surface area contributed by atoms with E-state index in [2.05, 4.69) is 19.9 Å². The van der Waals surface area contributed by atoms with Gasteiger partial charge in [-0.2, -0.15) is 0 Å². The summed E-state index contributed by atoms with van der Waals surface area (Å²) >= 11 is 0. The number of hydrogen-bond donors (Lipinski definition) is 0. The molecule has 0 aromatic rings. The Kier molecular flexibility index (Phi) is 4.76. The van der Waals surface area contributed by atoms with E-state index >= 15 is 0 Å². The SMILES string of the molecule is CCC/C(C)=C/CP(C)(C)=O. The van der Waals surface area contributed by atoms with Crippen LogP contribution in [0.5, 0.6) is 0 Å². The van der Waals surface area contributed by atoms with E-state index in [9.17, 15) is 4.57 Å². The van der Waals surface area contributed by atoms with Crippen LogP contribution < -0.4 is 0 Å². The van der Waals surface area contributed by atoms with Crippen molar-refractivity contribution in [1.29, 1.82) is 0 Å². The largest absolute Gasteiger partial charge is 0.324 e. The van der Waals surface area contributed by atoms with Crippen molar-refractivity contribution < 1.29 is 4.57 Å². The highest BCUT2D eigenvalue weighted by molar-refractivity contribution is 7.62. The van der Waals surface area contributed by atoms with Crippen LogP contribution in [0.3, 0.4) is 0 Å². The molecule has 0 aliphatic carbocycles. The van der Waals surface area contributed by atoms with Crippen LogP contribution in [-0.4, -0.2) is 19.5 Å². The molecule has 0 saturated heterocycles. The first-order valence-corrected chi connectivity index (χ1v) is 6.94. The maximum absolute atomic E-state index is 11.3. The van der Waals surface area contributed by atoms with Crippen LogP contribution in [0.4, 0.5) is 0 Å². The van der Waals surface area contributed by atoms with Crippen molar-refractivity contribution in [2.75, 3.05) is 19.5 Å². The summed E-state index contributed by atoms with van der Waals surface area (Å²) in [6.07, 6.45) is 5.20. The third-order valence-corrected chi connectivity index (χ3v) is 2.59. The molecule has 0 unspecified atom stereocenters. The number of rotatable bonds is 4. The number of hydrogen-bond acceptors (Lipinski definition) is 1. The van der Waals surface area contributed by atoms with Crippen LogP contribution in [0.1, 0.15) is 26.7 Å². The van der Waals surface area contributed by atoms with Crippen molar-refractivity contribution in [3.05, 3.63) is 11.6 Å². The topological polar surface area (TPSA) is 17.1 Å². The molecule has 0 amide bonds. The standard InChI is InChI=1S/C9H19OP/c1-5-6-9(2)7-8-11(3,4)10/h7H,5-6,8H2,1-4H3/b9-7+. The second-order valence-electron chi connectivity index (χ2n) is 3.56. The van der Waals surface area contributed by atoms with E-state index in [0.717, 1.165) is 12.6 Å². The molecule has 0 bridgehead atoms. The average molecular weight is 174 g/mol. The van der Waals surface area contributed by atoms with E-state index in [1.807, 2.05) is 13.3 Å². The fourth-order valence-corrected chi connectivity index (χ4v) is 1.62. The summed E-state index contributed by atoms with van der Waals surface area (Å²) < 4.78 is 11.3. The quantitative estimate of drug-likeness (QED) is 0.471. The Hall–Kier alpha value is -0.0300. The first-order chi connectivity index (χ1) is 4.95. The molecule has 0 saturated carbocycles. The van der Waals surface area contributed by atoms with Gasteiger partial charge in [-0.3, -0.25) is 0 Å². The van der Waals surface area contributed by atoms with Crippen LogP contribution in [0.15, 0.2) is 11.6 Å². The predicted molar refractivity (Wildman–Crippen MR) is 53.0 cm³/mol. The molecule has 0 aliphatic rings. The Labute approximate surface area is 70.3 Å². The molecule has 0 rings (SSSR count). The van der Waals surface area contributed by atoms with Gasteiger partial charge in [-0.05, 0) is 26.7 Å². The Morgan fingerprint density at radius 2 is 2.00 bits per heavy atom. The van der Waals surface area contributed by atoms with Crippen molar-refractivity contribution in [1.82, 2.24) is 0 Å². The Balaban J connectivity index is 3.83. The van der Waals surface area contributed by atoms with Gasteiger partial charge in [0.2, 0.25) is 0 Å². The molecular formula is C9H19OP. The summed E-state index contributed by atoms with van der Waals surface area (Å²) in [5.41, 5.74) is 1.37. The van der Waals surface area contributed by atoms with E-state index in [-0.39, 0.29) is 0 Å². The zero-order valence-corrected chi connectivity index (χ0v) is 8.95. The summed E-state index contributed by atoms with van der Waals surface area (Å²) in [5, 5.41) is 0. The van der Waals surface area contributed by atoms with Gasteiger partial charge in [-0.1, -0.05) is 25.0 Å². The van der Waals surface area contributed by atoms with Crippen molar-refractivity contribution >= 4 is 7.14 Å². The molecule has 0 radical (unpaired) electrons. The fourth-order valence-electron chi connectivity index (χ4n) is 0.872. The molecule has 0 aromatic carbocycles. The van der Waals surface area contributed by atoms with Gasteiger partial charge in [0, 0.05) is 6.16 Å². The second kappa shape index (κ2) is 4.77. The van der Waals surface area contributed by atoms with Gasteiger partial charge in [0.15, 0.2) is 0 Å². The van der Waals surface area contributed by atoms with Crippen molar-refractivity contribution in [2.24, 2.45) is 0 Å². The molecule has 11 heavy (non-hydrogen) atoms. The predicted octanol–water partition coefficient (Wildman–Crippen LogP) is 3.36. The minimum absolute atomic E-state index is 0.763. The highest BCUT2D eigenvalue weighted by Gasteiger charge is 2.03. The maximum Gasteiger partial charge on any atom is 0.0855 e. The van der Waals surface area contributed by atoms with Crippen molar-refractivity contribution in [2.45, 2.75) is 26.7 Å². The molecule has 0 heterocycles. The van der Waals surface area contributed by atoms with Crippen LogP contribution in [0, 0.1) is 0 Å². The summed E-state index contributed by atoms with van der Waals surface area (Å²) in [6, 6.07) is 0. The Morgan fingerprint density at radius 1 is 1.45 bits per heavy atom. The van der Waals surface area contributed by atoms with Gasteiger partial charge in [-0.15, -0.1) is 0 Å². The number of allylic oxidation sites excluding steroid dienone is 2. The normalized spacial score (nSPS) is 13.6. The molecule has 66 valence electrons. The first-order valence-electron chi connectivity index (χ1n) is 4.15. The average Bonchev–Trinajstić information content (AvgIpc) is 1.83. The summed E-state index contributed by atoms with van der Waals surface area (Å²) in [4.78, 5) is 0. The molecule has 0 fully saturated rings. The second-order valence-corrected chi connectivity index (χ2v) is 7.07. The smallest absolute Gasteiger partial charge is 0.0855 e. The lowest BCUT2D eigenvalue weighted by Crippen LogP contribution is -1.83. The lowest BCUT2D eigenvalue weighted by Gasteiger charge is -2.02. The fraction of sp³-hybridized carbons (Fsp3) is 0.778. The minimum Gasteiger partial charge on any atom is -0.324 e. The van der Waals surface area contributed by atoms with Crippen LogP contribution in [-0.2, 0) is 4.57 Å².